The lowest BCUT2D eigenvalue weighted by molar-refractivity contribution is 0.611. The molecule has 1 aliphatic carbocycles. The van der Waals surface area contributed by atoms with Crippen LogP contribution in [0.4, 0.5) is 0 Å². The van der Waals surface area contributed by atoms with Gasteiger partial charge in [-0.05, 0) is 66.2 Å². The highest BCUT2D eigenvalue weighted by Gasteiger charge is 2.16. The number of aryl methyl sites for hydroxylation is 1. The Morgan fingerprint density at radius 3 is 2.35 bits per heavy atom. The van der Waals surface area contributed by atoms with Crippen LogP contribution in [0, 0.1) is 0 Å². The van der Waals surface area contributed by atoms with Crippen molar-refractivity contribution in [2.24, 2.45) is 0 Å². The second-order valence-corrected chi connectivity index (χ2v) is 8.66. The zero-order chi connectivity index (χ0) is 18.0. The van der Waals surface area contributed by atoms with Crippen LogP contribution >= 0.6 is 11.8 Å². The molecule has 0 saturated carbocycles. The van der Waals surface area contributed by atoms with Crippen molar-refractivity contribution in [3.63, 3.8) is 0 Å². The number of hydrogen-bond acceptors (Lipinski definition) is 1. The monoisotopic (exact) mass is 364 g/mol. The normalized spacial score (nSPS) is 17.1. The number of thioether (sulfide) groups is 1. The molecule has 138 valence electrons. The van der Waals surface area contributed by atoms with Gasteiger partial charge in [-0.15, -0.1) is 0 Å². The van der Waals surface area contributed by atoms with Crippen LogP contribution in [0.5, 0.6) is 0 Å². The van der Waals surface area contributed by atoms with Gasteiger partial charge in [0.05, 0.1) is 0 Å². The van der Waals surface area contributed by atoms with Gasteiger partial charge in [0.15, 0.2) is 0 Å². The summed E-state index contributed by atoms with van der Waals surface area (Å²) in [5.41, 5.74) is 3.04. The Morgan fingerprint density at radius 1 is 0.885 bits per heavy atom. The molecule has 0 N–H and O–H groups in total. The van der Waals surface area contributed by atoms with E-state index in [1.165, 1.54) is 78.7 Å². The summed E-state index contributed by atoms with van der Waals surface area (Å²) in [5, 5.41) is 0. The molecule has 26 heavy (non-hydrogen) atoms. The maximum absolute atomic E-state index is 2.47. The van der Waals surface area contributed by atoms with Gasteiger partial charge in [0.2, 0.25) is 0 Å². The van der Waals surface area contributed by atoms with E-state index < -0.39 is 0 Å². The van der Waals surface area contributed by atoms with E-state index in [1.807, 2.05) is 11.8 Å². The van der Waals surface area contributed by atoms with Gasteiger partial charge >= 0.3 is 0 Å². The third-order valence-electron chi connectivity index (χ3n) is 5.38. The quantitative estimate of drug-likeness (QED) is 0.404. The highest BCUT2D eigenvalue weighted by molar-refractivity contribution is 8.03. The molecule has 1 aliphatic rings. The van der Waals surface area contributed by atoms with Crippen LogP contribution in [-0.2, 0) is 6.42 Å². The zero-order valence-corrected chi connectivity index (χ0v) is 16.9. The maximum atomic E-state index is 2.47. The molecule has 1 unspecified atom stereocenters. The van der Waals surface area contributed by atoms with E-state index >= 15 is 0 Å². The second kappa shape index (κ2) is 10.6. The molecule has 0 bridgehead atoms. The molecule has 0 radical (unpaired) electrons. The van der Waals surface area contributed by atoms with Crippen molar-refractivity contribution in [1.29, 1.82) is 0 Å². The smallest absolute Gasteiger partial charge is 0.0118 e. The fourth-order valence-corrected chi connectivity index (χ4v) is 4.73. The molecular weight excluding hydrogens is 332 g/mol. The fraction of sp³-hybridized carbons (Fsp3) is 0.440. The SMILES string of the molecule is CCCCCCCc1ccc(C2CC=C(Sc3ccccc3)CC2)cc1. The molecule has 2 aromatic rings. The first kappa shape index (κ1) is 19.3. The molecule has 3 rings (SSSR count). The minimum atomic E-state index is 0.703. The standard InChI is InChI=1S/C25H32S/c1-2-3-4-5-7-10-21-13-15-22(16-14-21)23-17-19-25(20-18-23)26-24-11-8-6-9-12-24/h6,8-9,11-16,19,23H,2-5,7,10,17-18,20H2,1H3. The third kappa shape index (κ3) is 6.06. The van der Waals surface area contributed by atoms with E-state index in [1.54, 1.807) is 0 Å². The Balaban J connectivity index is 1.46. The van der Waals surface area contributed by atoms with Crippen LogP contribution in [-0.4, -0.2) is 0 Å². The molecule has 2 aromatic carbocycles. The lowest BCUT2D eigenvalue weighted by Gasteiger charge is -2.22. The summed E-state index contributed by atoms with van der Waals surface area (Å²) < 4.78 is 0. The van der Waals surface area contributed by atoms with Crippen LogP contribution in [0.1, 0.15) is 75.3 Å². The first-order valence-electron chi connectivity index (χ1n) is 10.4. The van der Waals surface area contributed by atoms with Crippen molar-refractivity contribution in [2.45, 2.75) is 75.5 Å². The van der Waals surface area contributed by atoms with Crippen LogP contribution < -0.4 is 0 Å². The molecule has 0 amide bonds. The number of hydrogen-bond donors (Lipinski definition) is 0. The summed E-state index contributed by atoms with van der Waals surface area (Å²) in [7, 11) is 0. The number of rotatable bonds is 9. The summed E-state index contributed by atoms with van der Waals surface area (Å²) >= 11 is 1.94. The van der Waals surface area contributed by atoms with Gasteiger partial charge in [0, 0.05) is 4.90 Å². The van der Waals surface area contributed by atoms with Crippen molar-refractivity contribution in [3.05, 3.63) is 76.7 Å². The number of unbranched alkanes of at least 4 members (excludes halogenated alkanes) is 4. The summed E-state index contributed by atoms with van der Waals surface area (Å²) in [6, 6.07) is 20.3. The lowest BCUT2D eigenvalue weighted by atomic mass is 9.87. The first-order valence-corrected chi connectivity index (χ1v) is 11.2. The molecule has 1 heteroatoms. The first-order chi connectivity index (χ1) is 12.8. The van der Waals surface area contributed by atoms with Gasteiger partial charge in [-0.1, -0.05) is 92.9 Å². The van der Waals surface area contributed by atoms with Gasteiger partial charge in [-0.2, -0.15) is 0 Å². The second-order valence-electron chi connectivity index (χ2n) is 7.46. The van der Waals surface area contributed by atoms with E-state index in [0.29, 0.717) is 5.92 Å². The van der Waals surface area contributed by atoms with E-state index in [0.717, 1.165) is 0 Å². The van der Waals surface area contributed by atoms with E-state index in [2.05, 4.69) is 67.6 Å². The fourth-order valence-electron chi connectivity index (χ4n) is 3.73. The highest BCUT2D eigenvalue weighted by atomic mass is 32.2. The third-order valence-corrected chi connectivity index (χ3v) is 6.52. The van der Waals surface area contributed by atoms with Gasteiger partial charge in [0.25, 0.3) is 0 Å². The van der Waals surface area contributed by atoms with Crippen LogP contribution in [0.15, 0.2) is 70.5 Å². The maximum Gasteiger partial charge on any atom is 0.0118 e. The van der Waals surface area contributed by atoms with Crippen molar-refractivity contribution in [2.75, 3.05) is 0 Å². The summed E-state index contributed by atoms with van der Waals surface area (Å²) in [4.78, 5) is 2.90. The molecule has 0 fully saturated rings. The molecular formula is C25H32S. The Hall–Kier alpha value is -1.47. The van der Waals surface area contributed by atoms with Crippen molar-refractivity contribution in [1.82, 2.24) is 0 Å². The topological polar surface area (TPSA) is 0 Å². The van der Waals surface area contributed by atoms with Crippen molar-refractivity contribution >= 4 is 11.8 Å². The van der Waals surface area contributed by atoms with Crippen LogP contribution in [0.3, 0.4) is 0 Å². The molecule has 0 saturated heterocycles. The van der Waals surface area contributed by atoms with E-state index in [-0.39, 0.29) is 0 Å². The number of benzene rings is 2. The minimum absolute atomic E-state index is 0.703. The van der Waals surface area contributed by atoms with Crippen LogP contribution in [0.25, 0.3) is 0 Å². The average Bonchev–Trinajstić information content (AvgIpc) is 2.70. The Morgan fingerprint density at radius 2 is 1.65 bits per heavy atom. The summed E-state index contributed by atoms with van der Waals surface area (Å²) in [5.74, 6) is 0.703. The zero-order valence-electron chi connectivity index (χ0n) is 16.1. The van der Waals surface area contributed by atoms with Gasteiger partial charge in [-0.25, -0.2) is 0 Å². The lowest BCUT2D eigenvalue weighted by Crippen LogP contribution is -2.03. The van der Waals surface area contributed by atoms with Crippen molar-refractivity contribution < 1.29 is 0 Å². The Kier molecular flexibility index (Phi) is 7.88. The van der Waals surface area contributed by atoms with E-state index in [4.69, 9.17) is 0 Å². The summed E-state index contributed by atoms with van der Waals surface area (Å²) in [6.07, 6.45) is 14.2. The molecule has 1 atom stereocenters. The summed E-state index contributed by atoms with van der Waals surface area (Å²) in [6.45, 7) is 2.28. The predicted molar refractivity (Wildman–Crippen MR) is 116 cm³/mol. The van der Waals surface area contributed by atoms with Gasteiger partial charge in [-0.3, -0.25) is 0 Å². The largest absolute Gasteiger partial charge is 0.0949 e. The average molecular weight is 365 g/mol. The molecule has 0 aromatic heterocycles. The van der Waals surface area contributed by atoms with Crippen molar-refractivity contribution in [3.8, 4) is 0 Å². The van der Waals surface area contributed by atoms with E-state index in [9.17, 15) is 0 Å². The Bertz CT molecular complexity index is 669. The Labute approximate surface area is 164 Å². The molecule has 0 aliphatic heterocycles. The van der Waals surface area contributed by atoms with Gasteiger partial charge < -0.3 is 0 Å². The van der Waals surface area contributed by atoms with Gasteiger partial charge in [0.1, 0.15) is 0 Å². The predicted octanol–water partition coefficient (Wildman–Crippen LogP) is 8.14. The molecule has 0 heterocycles. The number of allylic oxidation sites excluding steroid dienone is 2. The molecule has 0 nitrogen and oxygen atoms in total. The minimum Gasteiger partial charge on any atom is -0.0949 e. The molecule has 0 spiro atoms. The highest BCUT2D eigenvalue weighted by Crippen LogP contribution is 2.39. The van der Waals surface area contributed by atoms with Crippen LogP contribution in [0.2, 0.25) is 0 Å².